The van der Waals surface area contributed by atoms with Crippen LogP contribution in [0.3, 0.4) is 0 Å². The van der Waals surface area contributed by atoms with Gasteiger partial charge in [0.05, 0.1) is 19.3 Å². The van der Waals surface area contributed by atoms with E-state index in [0.717, 1.165) is 22.4 Å². The highest BCUT2D eigenvalue weighted by atomic mass is 16.5. The summed E-state index contributed by atoms with van der Waals surface area (Å²) in [5.74, 6) is -0.0473. The van der Waals surface area contributed by atoms with Gasteiger partial charge < -0.3 is 15.0 Å². The molecule has 5 heteroatoms. The molecule has 0 radical (unpaired) electrons. The first-order valence-electron chi connectivity index (χ1n) is 8.16. The van der Waals surface area contributed by atoms with Crippen LogP contribution in [0.2, 0.25) is 0 Å². The molecule has 0 bridgehead atoms. The number of hydrogen-bond donors (Lipinski definition) is 1. The number of rotatable bonds is 3. The Bertz CT molecular complexity index is 814. The summed E-state index contributed by atoms with van der Waals surface area (Å²) >= 11 is 0. The lowest BCUT2D eigenvalue weighted by atomic mass is 10.0. The molecule has 1 N–H and O–H groups in total. The molecule has 0 atom stereocenters. The van der Waals surface area contributed by atoms with Crippen molar-refractivity contribution in [2.24, 2.45) is 0 Å². The Kier molecular flexibility index (Phi) is 5.14. The quantitative estimate of drug-likeness (QED) is 0.934. The van der Waals surface area contributed by atoms with Crippen LogP contribution in [-0.2, 0) is 16.1 Å². The standard InChI is InChI=1S/C20H20N2O3/c1-25-20(24)21-13-12-19(23)22-14-17-8-3-2-6-15(17)10-11-16-7-4-5-9-18(16)22/h2-11H,12-14H2,1H3,(H,21,24)/b11-10-. The van der Waals surface area contributed by atoms with Crippen molar-refractivity contribution in [2.75, 3.05) is 18.6 Å². The van der Waals surface area contributed by atoms with E-state index in [0.29, 0.717) is 6.54 Å². The van der Waals surface area contributed by atoms with Crippen LogP contribution in [0.5, 0.6) is 0 Å². The largest absolute Gasteiger partial charge is 0.453 e. The van der Waals surface area contributed by atoms with Crippen molar-refractivity contribution in [1.82, 2.24) is 5.32 Å². The van der Waals surface area contributed by atoms with Gasteiger partial charge in [0.15, 0.2) is 0 Å². The van der Waals surface area contributed by atoms with E-state index < -0.39 is 6.09 Å². The minimum absolute atomic E-state index is 0.0473. The maximum atomic E-state index is 12.8. The molecule has 1 heterocycles. The number of carbonyl (C=O) groups is 2. The Morgan fingerprint density at radius 1 is 1.04 bits per heavy atom. The first kappa shape index (κ1) is 16.8. The molecule has 2 aromatic rings. The minimum Gasteiger partial charge on any atom is -0.453 e. The lowest BCUT2D eigenvalue weighted by Crippen LogP contribution is -2.35. The Labute approximate surface area is 146 Å². The van der Waals surface area contributed by atoms with Gasteiger partial charge in [-0.3, -0.25) is 4.79 Å². The van der Waals surface area contributed by atoms with E-state index in [-0.39, 0.29) is 18.9 Å². The van der Waals surface area contributed by atoms with Crippen LogP contribution in [0, 0.1) is 0 Å². The molecule has 0 spiro atoms. The highest BCUT2D eigenvalue weighted by Gasteiger charge is 2.20. The molecular formula is C20H20N2O3. The summed E-state index contributed by atoms with van der Waals surface area (Å²) < 4.78 is 4.53. The highest BCUT2D eigenvalue weighted by molar-refractivity contribution is 5.97. The Morgan fingerprint density at radius 3 is 2.52 bits per heavy atom. The van der Waals surface area contributed by atoms with Crippen LogP contribution >= 0.6 is 0 Å². The number of carbonyl (C=O) groups excluding carboxylic acids is 2. The number of anilines is 1. The number of alkyl carbamates (subject to hydrolysis) is 1. The second-order valence-electron chi connectivity index (χ2n) is 5.74. The molecule has 0 aromatic heterocycles. The van der Waals surface area contributed by atoms with Gasteiger partial charge in [0.25, 0.3) is 0 Å². The normalized spacial score (nSPS) is 13.7. The average Bonchev–Trinajstić information content (AvgIpc) is 2.63. The van der Waals surface area contributed by atoms with Crippen LogP contribution in [0.4, 0.5) is 10.5 Å². The van der Waals surface area contributed by atoms with Crippen molar-refractivity contribution in [2.45, 2.75) is 13.0 Å². The Balaban J connectivity index is 1.88. The maximum absolute atomic E-state index is 12.8. The first-order valence-corrected chi connectivity index (χ1v) is 8.16. The van der Waals surface area contributed by atoms with Gasteiger partial charge >= 0.3 is 6.09 Å². The number of fused-ring (bicyclic) bond motifs is 2. The molecule has 2 amide bonds. The summed E-state index contributed by atoms with van der Waals surface area (Å²) in [4.78, 5) is 25.8. The fourth-order valence-corrected chi connectivity index (χ4v) is 2.85. The van der Waals surface area contributed by atoms with Crippen LogP contribution in [-0.4, -0.2) is 25.7 Å². The Morgan fingerprint density at radius 2 is 1.72 bits per heavy atom. The number of para-hydroxylation sites is 1. The smallest absolute Gasteiger partial charge is 0.406 e. The second kappa shape index (κ2) is 7.66. The predicted octanol–water partition coefficient (Wildman–Crippen LogP) is 3.45. The second-order valence-corrected chi connectivity index (χ2v) is 5.74. The number of ether oxygens (including phenoxy) is 1. The van der Waals surface area contributed by atoms with Gasteiger partial charge in [-0.05, 0) is 22.8 Å². The molecule has 1 aliphatic rings. The van der Waals surface area contributed by atoms with Crippen molar-refractivity contribution >= 4 is 29.8 Å². The van der Waals surface area contributed by atoms with Gasteiger partial charge in [-0.15, -0.1) is 0 Å². The lowest BCUT2D eigenvalue weighted by molar-refractivity contribution is -0.118. The minimum atomic E-state index is -0.533. The molecule has 0 saturated carbocycles. The topological polar surface area (TPSA) is 58.6 Å². The number of nitrogens with one attached hydrogen (secondary N) is 1. The first-order chi connectivity index (χ1) is 12.2. The average molecular weight is 336 g/mol. The number of nitrogens with zero attached hydrogens (tertiary/aromatic N) is 1. The monoisotopic (exact) mass is 336 g/mol. The van der Waals surface area contributed by atoms with E-state index in [2.05, 4.69) is 16.1 Å². The predicted molar refractivity (Wildman–Crippen MR) is 98.0 cm³/mol. The third-order valence-corrected chi connectivity index (χ3v) is 4.15. The zero-order chi connectivity index (χ0) is 17.6. The van der Waals surface area contributed by atoms with E-state index in [1.54, 1.807) is 4.90 Å². The van der Waals surface area contributed by atoms with Gasteiger partial charge in [-0.1, -0.05) is 54.6 Å². The van der Waals surface area contributed by atoms with E-state index >= 15 is 0 Å². The van der Waals surface area contributed by atoms with Gasteiger partial charge in [-0.25, -0.2) is 4.79 Å². The van der Waals surface area contributed by atoms with Crippen LogP contribution in [0.1, 0.15) is 23.1 Å². The van der Waals surface area contributed by atoms with Gasteiger partial charge in [0, 0.05) is 13.0 Å². The molecule has 2 aromatic carbocycles. The van der Waals surface area contributed by atoms with Crippen LogP contribution in [0.25, 0.3) is 12.2 Å². The molecule has 5 nitrogen and oxygen atoms in total. The third kappa shape index (κ3) is 3.88. The van der Waals surface area contributed by atoms with Crippen molar-refractivity contribution in [1.29, 1.82) is 0 Å². The SMILES string of the molecule is COC(=O)NCCC(=O)N1Cc2ccccc2/C=C\c2ccccc21. The van der Waals surface area contributed by atoms with Gasteiger partial charge in [-0.2, -0.15) is 0 Å². The zero-order valence-corrected chi connectivity index (χ0v) is 14.1. The summed E-state index contributed by atoms with van der Waals surface area (Å²) in [5.41, 5.74) is 4.05. The van der Waals surface area contributed by atoms with Crippen molar-refractivity contribution in [3.05, 3.63) is 65.2 Å². The zero-order valence-electron chi connectivity index (χ0n) is 14.1. The van der Waals surface area contributed by atoms with Crippen molar-refractivity contribution < 1.29 is 14.3 Å². The maximum Gasteiger partial charge on any atom is 0.406 e. The molecule has 0 saturated heterocycles. The Hall–Kier alpha value is -3.08. The van der Waals surface area contributed by atoms with E-state index in [1.165, 1.54) is 7.11 Å². The van der Waals surface area contributed by atoms with Gasteiger partial charge in [0.2, 0.25) is 5.91 Å². The molecule has 128 valence electrons. The number of methoxy groups -OCH3 is 1. The van der Waals surface area contributed by atoms with E-state index in [4.69, 9.17) is 0 Å². The van der Waals surface area contributed by atoms with Gasteiger partial charge in [0.1, 0.15) is 0 Å². The third-order valence-electron chi connectivity index (χ3n) is 4.15. The molecule has 0 unspecified atom stereocenters. The summed E-state index contributed by atoms with van der Waals surface area (Å²) in [6, 6.07) is 15.9. The van der Waals surface area contributed by atoms with Crippen LogP contribution in [0.15, 0.2) is 48.5 Å². The number of hydrogen-bond acceptors (Lipinski definition) is 3. The molecular weight excluding hydrogens is 316 g/mol. The summed E-state index contributed by atoms with van der Waals surface area (Å²) in [6.45, 7) is 0.732. The lowest BCUT2D eigenvalue weighted by Gasteiger charge is -2.27. The molecule has 0 fully saturated rings. The van der Waals surface area contributed by atoms with E-state index in [1.807, 2.05) is 54.6 Å². The highest BCUT2D eigenvalue weighted by Crippen LogP contribution is 2.29. The fraction of sp³-hybridized carbons (Fsp3) is 0.200. The molecule has 1 aliphatic heterocycles. The summed E-state index contributed by atoms with van der Waals surface area (Å²) in [7, 11) is 1.30. The fourth-order valence-electron chi connectivity index (χ4n) is 2.85. The number of benzene rings is 2. The van der Waals surface area contributed by atoms with Crippen LogP contribution < -0.4 is 10.2 Å². The molecule has 0 aliphatic carbocycles. The van der Waals surface area contributed by atoms with E-state index in [9.17, 15) is 9.59 Å². The molecule has 3 rings (SSSR count). The summed E-state index contributed by atoms with van der Waals surface area (Å²) in [5, 5.41) is 2.55. The molecule has 25 heavy (non-hydrogen) atoms. The van der Waals surface area contributed by atoms with Crippen molar-refractivity contribution in [3.8, 4) is 0 Å². The number of amides is 2. The summed E-state index contributed by atoms with van der Waals surface area (Å²) in [6.07, 6.45) is 3.78. The van der Waals surface area contributed by atoms with Crippen molar-refractivity contribution in [3.63, 3.8) is 0 Å².